The molecule has 0 bridgehead atoms. The first-order valence-corrected chi connectivity index (χ1v) is 7.64. The molecule has 2 heterocycles. The Bertz CT molecular complexity index is 468. The molecule has 20 heavy (non-hydrogen) atoms. The van der Waals surface area contributed by atoms with E-state index in [-0.39, 0.29) is 17.6 Å². The van der Waals surface area contributed by atoms with E-state index in [4.69, 9.17) is 0 Å². The standard InChI is InChI=1S/C16H23N3O/c1-2-6-14-18-15(20)16(9-11-17-12-10-16)19(14)13-7-4-3-5-8-13/h3-5,7-8,14,17H,2,6,9-12H2,1H3,(H,18,20). The van der Waals surface area contributed by atoms with Crippen LogP contribution in [-0.2, 0) is 4.79 Å². The van der Waals surface area contributed by atoms with E-state index in [1.54, 1.807) is 0 Å². The third-order valence-electron chi connectivity index (χ3n) is 4.52. The largest absolute Gasteiger partial charge is 0.336 e. The molecular formula is C16H23N3O. The molecule has 4 nitrogen and oxygen atoms in total. The number of para-hydroxylation sites is 1. The lowest BCUT2D eigenvalue weighted by Gasteiger charge is -2.42. The summed E-state index contributed by atoms with van der Waals surface area (Å²) in [5.41, 5.74) is 0.804. The highest BCUT2D eigenvalue weighted by Gasteiger charge is 2.52. The minimum atomic E-state index is -0.355. The lowest BCUT2D eigenvalue weighted by molar-refractivity contribution is -0.124. The van der Waals surface area contributed by atoms with E-state index < -0.39 is 0 Å². The predicted octanol–water partition coefficient (Wildman–Crippen LogP) is 1.87. The number of nitrogens with one attached hydrogen (secondary N) is 2. The van der Waals surface area contributed by atoms with E-state index in [2.05, 4.69) is 46.7 Å². The lowest BCUT2D eigenvalue weighted by atomic mass is 9.86. The number of carbonyl (C=O) groups is 1. The summed E-state index contributed by atoms with van der Waals surface area (Å²) in [4.78, 5) is 15.0. The Morgan fingerprint density at radius 2 is 1.95 bits per heavy atom. The first-order valence-electron chi connectivity index (χ1n) is 7.64. The van der Waals surface area contributed by atoms with Crippen molar-refractivity contribution >= 4 is 11.6 Å². The molecule has 4 heteroatoms. The van der Waals surface area contributed by atoms with Crippen molar-refractivity contribution in [1.29, 1.82) is 0 Å². The van der Waals surface area contributed by atoms with E-state index >= 15 is 0 Å². The SMILES string of the molecule is CCCC1NC(=O)C2(CCNCC2)N1c1ccccc1. The van der Waals surface area contributed by atoms with Crippen molar-refractivity contribution in [3.63, 3.8) is 0 Å². The highest BCUT2D eigenvalue weighted by molar-refractivity contribution is 5.94. The van der Waals surface area contributed by atoms with E-state index in [9.17, 15) is 4.79 Å². The number of amides is 1. The molecule has 0 aromatic heterocycles. The highest BCUT2D eigenvalue weighted by atomic mass is 16.2. The number of carbonyl (C=O) groups excluding carboxylic acids is 1. The number of hydrogen-bond donors (Lipinski definition) is 2. The van der Waals surface area contributed by atoms with E-state index in [1.807, 2.05) is 6.07 Å². The molecule has 2 aliphatic rings. The highest BCUT2D eigenvalue weighted by Crippen LogP contribution is 2.38. The zero-order chi connectivity index (χ0) is 14.0. The van der Waals surface area contributed by atoms with E-state index in [1.165, 1.54) is 0 Å². The van der Waals surface area contributed by atoms with Crippen LogP contribution in [-0.4, -0.2) is 30.7 Å². The van der Waals surface area contributed by atoms with Gasteiger partial charge in [-0.2, -0.15) is 0 Å². The molecule has 108 valence electrons. The fourth-order valence-corrected chi connectivity index (χ4v) is 3.56. The van der Waals surface area contributed by atoms with Crippen LogP contribution in [0.1, 0.15) is 32.6 Å². The summed E-state index contributed by atoms with van der Waals surface area (Å²) in [5.74, 6) is 0.210. The van der Waals surface area contributed by atoms with Crippen molar-refractivity contribution in [1.82, 2.24) is 10.6 Å². The minimum absolute atomic E-state index is 0.132. The van der Waals surface area contributed by atoms with Gasteiger partial charge in [0.1, 0.15) is 11.7 Å². The van der Waals surface area contributed by atoms with Crippen LogP contribution in [0.2, 0.25) is 0 Å². The van der Waals surface area contributed by atoms with Crippen LogP contribution in [0.5, 0.6) is 0 Å². The molecule has 1 atom stereocenters. The van der Waals surface area contributed by atoms with Crippen molar-refractivity contribution < 1.29 is 4.79 Å². The molecule has 2 saturated heterocycles. The number of piperidine rings is 1. The van der Waals surface area contributed by atoms with Crippen molar-refractivity contribution in [3.05, 3.63) is 30.3 Å². The topological polar surface area (TPSA) is 44.4 Å². The van der Waals surface area contributed by atoms with Crippen molar-refractivity contribution in [2.24, 2.45) is 0 Å². The van der Waals surface area contributed by atoms with Gasteiger partial charge in [-0.1, -0.05) is 31.5 Å². The monoisotopic (exact) mass is 273 g/mol. The number of anilines is 1. The summed E-state index contributed by atoms with van der Waals surface area (Å²) >= 11 is 0. The number of rotatable bonds is 3. The second-order valence-electron chi connectivity index (χ2n) is 5.77. The second kappa shape index (κ2) is 5.44. The van der Waals surface area contributed by atoms with Gasteiger partial charge < -0.3 is 15.5 Å². The van der Waals surface area contributed by atoms with Gasteiger partial charge in [0.15, 0.2) is 0 Å². The molecule has 2 N–H and O–H groups in total. The van der Waals surface area contributed by atoms with Crippen LogP contribution in [0, 0.1) is 0 Å². The van der Waals surface area contributed by atoms with Gasteiger partial charge in [-0.3, -0.25) is 4.79 Å². The van der Waals surface area contributed by atoms with Crippen molar-refractivity contribution in [2.75, 3.05) is 18.0 Å². The molecule has 1 amide bonds. The molecule has 0 radical (unpaired) electrons. The van der Waals surface area contributed by atoms with Gasteiger partial charge in [0.05, 0.1) is 0 Å². The van der Waals surface area contributed by atoms with Gasteiger partial charge in [-0.25, -0.2) is 0 Å². The van der Waals surface area contributed by atoms with Gasteiger partial charge in [0.25, 0.3) is 0 Å². The van der Waals surface area contributed by atoms with Gasteiger partial charge in [0.2, 0.25) is 5.91 Å². The molecule has 2 aliphatic heterocycles. The fourth-order valence-electron chi connectivity index (χ4n) is 3.56. The summed E-state index contributed by atoms with van der Waals surface area (Å²) in [7, 11) is 0. The molecule has 0 aliphatic carbocycles. The third kappa shape index (κ3) is 2.08. The van der Waals surface area contributed by atoms with Gasteiger partial charge >= 0.3 is 0 Å². The Balaban J connectivity index is 2.00. The third-order valence-corrected chi connectivity index (χ3v) is 4.52. The molecular weight excluding hydrogens is 250 g/mol. The van der Waals surface area contributed by atoms with Gasteiger partial charge in [-0.05, 0) is 44.5 Å². The molecule has 1 aromatic carbocycles. The fraction of sp³-hybridized carbons (Fsp3) is 0.562. The summed E-state index contributed by atoms with van der Waals surface area (Å²) in [6.45, 7) is 3.99. The molecule has 0 saturated carbocycles. The maximum Gasteiger partial charge on any atom is 0.247 e. The Morgan fingerprint density at radius 1 is 1.25 bits per heavy atom. The van der Waals surface area contributed by atoms with Crippen LogP contribution in [0.25, 0.3) is 0 Å². The molecule has 1 spiro atoms. The summed E-state index contributed by atoms with van der Waals surface area (Å²) in [6, 6.07) is 10.4. The minimum Gasteiger partial charge on any atom is -0.336 e. The Kier molecular flexibility index (Phi) is 3.66. The van der Waals surface area contributed by atoms with E-state index in [0.29, 0.717) is 0 Å². The van der Waals surface area contributed by atoms with Gasteiger partial charge in [-0.15, -0.1) is 0 Å². The quantitative estimate of drug-likeness (QED) is 0.883. The summed E-state index contributed by atoms with van der Waals surface area (Å²) < 4.78 is 0. The summed E-state index contributed by atoms with van der Waals surface area (Å²) in [6.07, 6.45) is 3.97. The number of benzene rings is 1. The van der Waals surface area contributed by atoms with Gasteiger partial charge in [0, 0.05) is 5.69 Å². The first kappa shape index (κ1) is 13.4. The van der Waals surface area contributed by atoms with Crippen molar-refractivity contribution in [3.8, 4) is 0 Å². The molecule has 2 fully saturated rings. The normalized spacial score (nSPS) is 24.9. The average Bonchev–Trinajstić information content (AvgIpc) is 2.73. The Labute approximate surface area is 120 Å². The van der Waals surface area contributed by atoms with Crippen LogP contribution < -0.4 is 15.5 Å². The molecule has 1 unspecified atom stereocenters. The average molecular weight is 273 g/mol. The smallest absolute Gasteiger partial charge is 0.247 e. The second-order valence-corrected chi connectivity index (χ2v) is 5.77. The van der Waals surface area contributed by atoms with Crippen LogP contribution >= 0.6 is 0 Å². The van der Waals surface area contributed by atoms with Crippen molar-refractivity contribution in [2.45, 2.75) is 44.3 Å². The summed E-state index contributed by atoms with van der Waals surface area (Å²) in [5, 5.41) is 6.59. The predicted molar refractivity (Wildman–Crippen MR) is 80.6 cm³/mol. The lowest BCUT2D eigenvalue weighted by Crippen LogP contribution is -2.56. The zero-order valence-corrected chi connectivity index (χ0v) is 12.1. The Morgan fingerprint density at radius 3 is 2.60 bits per heavy atom. The Hall–Kier alpha value is -1.55. The number of hydrogen-bond acceptors (Lipinski definition) is 3. The maximum atomic E-state index is 12.6. The zero-order valence-electron chi connectivity index (χ0n) is 12.1. The molecule has 1 aromatic rings. The first-order chi connectivity index (χ1) is 9.78. The van der Waals surface area contributed by atoms with E-state index in [0.717, 1.165) is 44.5 Å². The number of nitrogens with zero attached hydrogens (tertiary/aromatic N) is 1. The van der Waals surface area contributed by atoms with Crippen LogP contribution in [0.4, 0.5) is 5.69 Å². The molecule has 3 rings (SSSR count). The van der Waals surface area contributed by atoms with Crippen LogP contribution in [0.3, 0.4) is 0 Å². The maximum absolute atomic E-state index is 12.6. The van der Waals surface area contributed by atoms with Crippen LogP contribution in [0.15, 0.2) is 30.3 Å².